The van der Waals surface area contributed by atoms with Gasteiger partial charge in [-0.1, -0.05) is 6.92 Å². The van der Waals surface area contributed by atoms with Gasteiger partial charge in [0.05, 0.1) is 18.2 Å². The highest BCUT2D eigenvalue weighted by molar-refractivity contribution is 6.20. The van der Waals surface area contributed by atoms with Crippen LogP contribution in [0.1, 0.15) is 29.3 Å². The van der Waals surface area contributed by atoms with E-state index >= 15 is 0 Å². The first-order valence-electron chi connectivity index (χ1n) is 5.92. The largest absolute Gasteiger partial charge is 0.465 e. The molecule has 0 unspecified atom stereocenters. The lowest BCUT2D eigenvalue weighted by Gasteiger charge is -2.07. The molecule has 19 heavy (non-hydrogen) atoms. The van der Waals surface area contributed by atoms with Crippen LogP contribution < -0.4 is 10.7 Å². The summed E-state index contributed by atoms with van der Waals surface area (Å²) >= 11 is 0. The van der Waals surface area contributed by atoms with Gasteiger partial charge in [-0.2, -0.15) is 0 Å². The number of nitrogens with one attached hydrogen (secondary N) is 1. The van der Waals surface area contributed by atoms with E-state index in [0.717, 1.165) is 11.8 Å². The molecule has 0 bridgehead atoms. The highest BCUT2D eigenvalue weighted by atomic mass is 19.1. The number of rotatable bonds is 4. The Bertz CT molecular complexity index is 536. The predicted molar refractivity (Wildman–Crippen MR) is 72.1 cm³/mol. The molecular weight excluding hydrogens is 247 g/mol. The second kappa shape index (κ2) is 6.68. The molecule has 1 rings (SSSR count). The minimum absolute atomic E-state index is 0.156. The SMILES string of the molecule is CCC(=[NH+]C)/C(=C\N)c1cc(F)cc(C(=O)OC)c1. The number of allylic oxidation sites excluding steroid dienone is 1. The third kappa shape index (κ3) is 3.40. The lowest BCUT2D eigenvalue weighted by atomic mass is 9.98. The summed E-state index contributed by atoms with van der Waals surface area (Å²) in [4.78, 5) is 14.5. The van der Waals surface area contributed by atoms with Gasteiger partial charge in [-0.05, 0) is 23.8 Å². The lowest BCUT2D eigenvalue weighted by Crippen LogP contribution is -2.68. The van der Waals surface area contributed by atoms with Gasteiger partial charge in [0.2, 0.25) is 0 Å². The number of benzene rings is 1. The summed E-state index contributed by atoms with van der Waals surface area (Å²) in [5.74, 6) is -1.09. The van der Waals surface area contributed by atoms with Crippen molar-refractivity contribution >= 4 is 17.3 Å². The van der Waals surface area contributed by atoms with Crippen molar-refractivity contribution in [2.45, 2.75) is 13.3 Å². The van der Waals surface area contributed by atoms with E-state index in [-0.39, 0.29) is 5.56 Å². The van der Waals surface area contributed by atoms with Crippen molar-refractivity contribution in [2.24, 2.45) is 5.73 Å². The van der Waals surface area contributed by atoms with Crippen molar-refractivity contribution in [3.05, 3.63) is 41.3 Å². The standard InChI is InChI=1S/C14H17FN2O2/c1-4-13(17-2)12(8-16)9-5-10(14(18)19-3)7-11(15)6-9/h5-8H,4,16H2,1-3H3/p+1/b12-8-,17-13?. The maximum absolute atomic E-state index is 13.6. The van der Waals surface area contributed by atoms with E-state index < -0.39 is 11.8 Å². The predicted octanol–water partition coefficient (Wildman–Crippen LogP) is 0.473. The van der Waals surface area contributed by atoms with Crippen LogP contribution in [-0.4, -0.2) is 25.8 Å². The van der Waals surface area contributed by atoms with Gasteiger partial charge in [-0.25, -0.2) is 14.2 Å². The van der Waals surface area contributed by atoms with Crippen LogP contribution in [-0.2, 0) is 4.74 Å². The van der Waals surface area contributed by atoms with Crippen LogP contribution in [0.3, 0.4) is 0 Å². The number of hydrogen-bond donors (Lipinski definition) is 2. The van der Waals surface area contributed by atoms with Crippen LogP contribution in [0.15, 0.2) is 24.4 Å². The molecule has 1 aromatic rings. The molecule has 0 aliphatic heterocycles. The number of methoxy groups -OCH3 is 1. The number of nitrogens with two attached hydrogens (primary N) is 1. The van der Waals surface area contributed by atoms with E-state index in [1.165, 1.54) is 19.4 Å². The van der Waals surface area contributed by atoms with Crippen molar-refractivity contribution in [3.63, 3.8) is 0 Å². The molecule has 0 saturated carbocycles. The summed E-state index contributed by atoms with van der Waals surface area (Å²) in [5.41, 5.74) is 7.82. The molecule has 0 aromatic heterocycles. The van der Waals surface area contributed by atoms with Gasteiger partial charge in [0.25, 0.3) is 0 Å². The van der Waals surface area contributed by atoms with Crippen LogP contribution in [0, 0.1) is 5.82 Å². The van der Waals surface area contributed by atoms with Crippen molar-refractivity contribution in [1.29, 1.82) is 0 Å². The molecule has 0 saturated heterocycles. The Labute approximate surface area is 111 Å². The highest BCUT2D eigenvalue weighted by Crippen LogP contribution is 2.19. The normalized spacial score (nSPS) is 12.4. The molecule has 102 valence electrons. The zero-order valence-corrected chi connectivity index (χ0v) is 11.3. The number of esters is 1. The molecule has 4 nitrogen and oxygen atoms in total. The first kappa shape index (κ1) is 14.9. The molecule has 0 spiro atoms. The van der Waals surface area contributed by atoms with Crippen molar-refractivity contribution < 1.29 is 18.9 Å². The van der Waals surface area contributed by atoms with E-state index in [1.807, 2.05) is 6.92 Å². The van der Waals surface area contributed by atoms with Crippen LogP contribution in [0.25, 0.3) is 5.57 Å². The Morgan fingerprint density at radius 1 is 1.42 bits per heavy atom. The molecular formula is C14H18FN2O2+. The minimum atomic E-state index is -0.584. The average Bonchev–Trinajstić information content (AvgIpc) is 2.42. The fourth-order valence-corrected chi connectivity index (χ4v) is 1.85. The first-order chi connectivity index (χ1) is 9.07. The lowest BCUT2D eigenvalue weighted by molar-refractivity contribution is -0.419. The first-order valence-corrected chi connectivity index (χ1v) is 5.92. The Hall–Kier alpha value is -2.17. The summed E-state index contributed by atoms with van der Waals surface area (Å²) in [6, 6.07) is 4.02. The number of halogens is 1. The zero-order chi connectivity index (χ0) is 14.4. The van der Waals surface area contributed by atoms with Gasteiger partial charge in [-0.15, -0.1) is 0 Å². The maximum atomic E-state index is 13.6. The monoisotopic (exact) mass is 265 g/mol. The van der Waals surface area contributed by atoms with E-state index in [9.17, 15) is 9.18 Å². The number of hydrogen-bond acceptors (Lipinski definition) is 3. The van der Waals surface area contributed by atoms with E-state index in [0.29, 0.717) is 17.6 Å². The second-order valence-corrected chi connectivity index (χ2v) is 3.88. The number of carbonyl (C=O) groups is 1. The third-order valence-electron chi connectivity index (χ3n) is 2.78. The number of ether oxygens (including phenoxy) is 1. The number of carbonyl (C=O) groups excluding carboxylic acids is 1. The Kier molecular flexibility index (Phi) is 5.23. The maximum Gasteiger partial charge on any atom is 0.337 e. The summed E-state index contributed by atoms with van der Waals surface area (Å²) in [6.07, 6.45) is 2.11. The second-order valence-electron chi connectivity index (χ2n) is 3.88. The summed E-state index contributed by atoms with van der Waals surface area (Å²) < 4.78 is 18.2. The van der Waals surface area contributed by atoms with Crippen molar-refractivity contribution in [1.82, 2.24) is 0 Å². The molecule has 0 fully saturated rings. The highest BCUT2D eigenvalue weighted by Gasteiger charge is 2.16. The summed E-state index contributed by atoms with van der Waals surface area (Å²) in [5, 5.41) is 0. The Balaban J connectivity index is 3.34. The van der Waals surface area contributed by atoms with Crippen LogP contribution >= 0.6 is 0 Å². The van der Waals surface area contributed by atoms with Crippen LogP contribution in [0.2, 0.25) is 0 Å². The fourth-order valence-electron chi connectivity index (χ4n) is 1.85. The molecule has 3 N–H and O–H groups in total. The topological polar surface area (TPSA) is 66.3 Å². The Morgan fingerprint density at radius 2 is 2.05 bits per heavy atom. The van der Waals surface area contributed by atoms with Gasteiger partial charge in [0, 0.05) is 12.6 Å². The molecule has 0 aliphatic rings. The fraction of sp³-hybridized carbons (Fsp3) is 0.286. The smallest absolute Gasteiger partial charge is 0.337 e. The average molecular weight is 265 g/mol. The quantitative estimate of drug-likeness (QED) is 0.614. The van der Waals surface area contributed by atoms with Crippen LogP contribution in [0.4, 0.5) is 4.39 Å². The van der Waals surface area contributed by atoms with E-state index in [4.69, 9.17) is 5.73 Å². The molecule has 0 heterocycles. The van der Waals surface area contributed by atoms with Crippen LogP contribution in [0.5, 0.6) is 0 Å². The third-order valence-corrected chi connectivity index (χ3v) is 2.78. The van der Waals surface area contributed by atoms with Gasteiger partial charge in [0.15, 0.2) is 5.71 Å². The summed E-state index contributed by atoms with van der Waals surface area (Å²) in [7, 11) is 3.02. The zero-order valence-electron chi connectivity index (χ0n) is 11.3. The van der Waals surface area contributed by atoms with Gasteiger partial charge >= 0.3 is 5.97 Å². The van der Waals surface area contributed by atoms with Crippen molar-refractivity contribution in [2.75, 3.05) is 14.2 Å². The molecule has 0 radical (unpaired) electrons. The van der Waals surface area contributed by atoms with Gasteiger partial charge in [-0.3, -0.25) is 0 Å². The molecule has 0 amide bonds. The van der Waals surface area contributed by atoms with E-state index in [1.54, 1.807) is 13.1 Å². The summed E-state index contributed by atoms with van der Waals surface area (Å²) in [6.45, 7) is 1.95. The molecule has 0 atom stereocenters. The molecule has 5 heteroatoms. The van der Waals surface area contributed by atoms with E-state index in [2.05, 4.69) is 9.73 Å². The van der Waals surface area contributed by atoms with Crippen molar-refractivity contribution in [3.8, 4) is 0 Å². The molecule has 0 aliphatic carbocycles. The minimum Gasteiger partial charge on any atom is -0.465 e. The van der Waals surface area contributed by atoms with Gasteiger partial charge < -0.3 is 10.5 Å². The Morgan fingerprint density at radius 3 is 2.53 bits per heavy atom. The molecule has 1 aromatic carbocycles. The van der Waals surface area contributed by atoms with Gasteiger partial charge in [0.1, 0.15) is 12.9 Å².